The molecule has 1 aromatic carbocycles. The van der Waals surface area contributed by atoms with E-state index in [1.54, 1.807) is 37.6 Å². The summed E-state index contributed by atoms with van der Waals surface area (Å²) in [6.45, 7) is -0.0180. The third-order valence-corrected chi connectivity index (χ3v) is 2.26. The number of rotatable bonds is 4. The minimum absolute atomic E-state index is 0.0180. The van der Waals surface area contributed by atoms with Gasteiger partial charge in [-0.1, -0.05) is 0 Å². The Kier molecular flexibility index (Phi) is 3.57. The van der Waals surface area contributed by atoms with Gasteiger partial charge in [0.25, 0.3) is 0 Å². The summed E-state index contributed by atoms with van der Waals surface area (Å²) in [5, 5.41) is 8.88. The minimum atomic E-state index is -0.0180. The second-order valence-corrected chi connectivity index (χ2v) is 3.44. The molecule has 0 saturated carbocycles. The van der Waals surface area contributed by atoms with Crippen molar-refractivity contribution in [3.8, 4) is 17.4 Å². The summed E-state index contributed by atoms with van der Waals surface area (Å²) in [6.07, 6.45) is 1.58. The van der Waals surface area contributed by atoms with E-state index >= 15 is 0 Å². The van der Waals surface area contributed by atoms with Crippen LogP contribution < -0.4 is 9.47 Å². The van der Waals surface area contributed by atoms with E-state index in [-0.39, 0.29) is 6.61 Å². The van der Waals surface area contributed by atoms with Crippen molar-refractivity contribution < 1.29 is 14.6 Å². The van der Waals surface area contributed by atoms with Crippen molar-refractivity contribution in [1.29, 1.82) is 0 Å². The highest BCUT2D eigenvalue weighted by Crippen LogP contribution is 2.22. The number of aliphatic hydroxyl groups is 1. The molecule has 1 heterocycles. The molecule has 4 nitrogen and oxygen atoms in total. The fraction of sp³-hybridized carbons (Fsp3) is 0.154. The third-order valence-electron chi connectivity index (χ3n) is 2.26. The van der Waals surface area contributed by atoms with Crippen molar-refractivity contribution in [1.82, 2.24) is 4.98 Å². The van der Waals surface area contributed by atoms with Crippen LogP contribution in [0.25, 0.3) is 0 Å². The highest BCUT2D eigenvalue weighted by molar-refractivity contribution is 5.33. The minimum Gasteiger partial charge on any atom is -0.497 e. The Balaban J connectivity index is 2.08. The molecule has 88 valence electrons. The fourth-order valence-corrected chi connectivity index (χ4v) is 1.33. The van der Waals surface area contributed by atoms with E-state index in [1.165, 1.54) is 0 Å². The second kappa shape index (κ2) is 5.32. The van der Waals surface area contributed by atoms with Gasteiger partial charge in [0, 0.05) is 12.3 Å². The monoisotopic (exact) mass is 231 g/mol. The molecular formula is C13H13NO3. The predicted octanol–water partition coefficient (Wildman–Crippen LogP) is 2.37. The van der Waals surface area contributed by atoms with Crippen LogP contribution in [0.3, 0.4) is 0 Å². The Labute approximate surface area is 99.5 Å². The Bertz CT molecular complexity index is 420. The van der Waals surface area contributed by atoms with E-state index in [1.807, 2.05) is 12.1 Å². The highest BCUT2D eigenvalue weighted by Gasteiger charge is 1.99. The Morgan fingerprint density at radius 1 is 1.06 bits per heavy atom. The lowest BCUT2D eigenvalue weighted by Crippen LogP contribution is -1.90. The molecule has 0 unspecified atom stereocenters. The lowest BCUT2D eigenvalue weighted by Gasteiger charge is -2.05. The molecule has 0 aliphatic rings. The van der Waals surface area contributed by atoms with Crippen LogP contribution in [0.1, 0.15) is 5.56 Å². The average Bonchev–Trinajstić information content (AvgIpc) is 2.40. The summed E-state index contributed by atoms with van der Waals surface area (Å²) < 4.78 is 10.6. The smallest absolute Gasteiger partial charge is 0.219 e. The van der Waals surface area contributed by atoms with Crippen LogP contribution in [0.15, 0.2) is 42.6 Å². The number of benzene rings is 1. The predicted molar refractivity (Wildman–Crippen MR) is 63.2 cm³/mol. The molecule has 0 spiro atoms. The summed E-state index contributed by atoms with van der Waals surface area (Å²) in [5.74, 6) is 1.96. The molecule has 0 aliphatic carbocycles. The van der Waals surface area contributed by atoms with Crippen LogP contribution in [-0.2, 0) is 6.61 Å². The molecule has 4 heteroatoms. The molecule has 0 bridgehead atoms. The number of pyridine rings is 1. The van der Waals surface area contributed by atoms with E-state index in [4.69, 9.17) is 14.6 Å². The van der Waals surface area contributed by atoms with Crippen LogP contribution in [0.5, 0.6) is 17.4 Å². The zero-order valence-electron chi connectivity index (χ0n) is 9.46. The van der Waals surface area contributed by atoms with Gasteiger partial charge in [-0.25, -0.2) is 4.98 Å². The maximum absolute atomic E-state index is 8.88. The Morgan fingerprint density at radius 3 is 2.29 bits per heavy atom. The first kappa shape index (κ1) is 11.4. The van der Waals surface area contributed by atoms with Gasteiger partial charge in [-0.15, -0.1) is 0 Å². The van der Waals surface area contributed by atoms with Gasteiger partial charge in [-0.2, -0.15) is 0 Å². The first-order valence-electron chi connectivity index (χ1n) is 5.19. The third kappa shape index (κ3) is 2.95. The van der Waals surface area contributed by atoms with Crippen molar-refractivity contribution >= 4 is 0 Å². The normalized spacial score (nSPS) is 10.0. The van der Waals surface area contributed by atoms with Gasteiger partial charge in [0.2, 0.25) is 5.88 Å². The zero-order valence-corrected chi connectivity index (χ0v) is 9.46. The molecule has 1 aromatic heterocycles. The molecule has 0 saturated heterocycles. The van der Waals surface area contributed by atoms with Crippen LogP contribution in [0, 0.1) is 0 Å². The summed E-state index contributed by atoms with van der Waals surface area (Å²) in [5.41, 5.74) is 0.757. The molecule has 0 aliphatic heterocycles. The van der Waals surface area contributed by atoms with Gasteiger partial charge < -0.3 is 14.6 Å². The van der Waals surface area contributed by atoms with Gasteiger partial charge in [0.05, 0.1) is 13.7 Å². The number of hydrogen-bond acceptors (Lipinski definition) is 4. The van der Waals surface area contributed by atoms with Crippen LogP contribution in [0.2, 0.25) is 0 Å². The molecule has 17 heavy (non-hydrogen) atoms. The summed E-state index contributed by atoms with van der Waals surface area (Å²) in [7, 11) is 1.62. The van der Waals surface area contributed by atoms with Crippen LogP contribution in [-0.4, -0.2) is 17.2 Å². The molecule has 2 aromatic rings. The van der Waals surface area contributed by atoms with Crippen molar-refractivity contribution in [3.63, 3.8) is 0 Å². The Hall–Kier alpha value is -2.07. The molecule has 0 radical (unpaired) electrons. The van der Waals surface area contributed by atoms with E-state index in [2.05, 4.69) is 4.98 Å². The number of nitrogens with zero attached hydrogens (tertiary/aromatic N) is 1. The maximum Gasteiger partial charge on any atom is 0.219 e. The standard InChI is InChI=1S/C13H13NO3/c1-16-11-3-5-12(6-4-11)17-13-7-2-10(9-15)8-14-13/h2-8,15H,9H2,1H3. The van der Waals surface area contributed by atoms with Crippen LogP contribution in [0.4, 0.5) is 0 Å². The van der Waals surface area contributed by atoms with Crippen molar-refractivity contribution in [2.45, 2.75) is 6.61 Å². The molecule has 0 atom stereocenters. The van der Waals surface area contributed by atoms with Gasteiger partial charge in [-0.05, 0) is 35.9 Å². The maximum atomic E-state index is 8.88. The molecule has 0 fully saturated rings. The average molecular weight is 231 g/mol. The summed E-state index contributed by atoms with van der Waals surface area (Å²) in [4.78, 5) is 4.07. The van der Waals surface area contributed by atoms with Crippen LogP contribution >= 0.6 is 0 Å². The topological polar surface area (TPSA) is 51.6 Å². The first-order valence-corrected chi connectivity index (χ1v) is 5.19. The fourth-order valence-electron chi connectivity index (χ4n) is 1.33. The van der Waals surface area contributed by atoms with Gasteiger partial charge in [-0.3, -0.25) is 0 Å². The SMILES string of the molecule is COc1ccc(Oc2ccc(CO)cn2)cc1. The summed E-state index contributed by atoms with van der Waals surface area (Å²) in [6, 6.07) is 10.7. The quantitative estimate of drug-likeness (QED) is 0.877. The molecule has 1 N–H and O–H groups in total. The van der Waals surface area contributed by atoms with E-state index in [0.29, 0.717) is 11.6 Å². The van der Waals surface area contributed by atoms with E-state index < -0.39 is 0 Å². The van der Waals surface area contributed by atoms with Crippen molar-refractivity contribution in [2.24, 2.45) is 0 Å². The largest absolute Gasteiger partial charge is 0.497 e. The Morgan fingerprint density at radius 2 is 1.76 bits per heavy atom. The van der Waals surface area contributed by atoms with Gasteiger partial charge in [0.1, 0.15) is 11.5 Å². The van der Waals surface area contributed by atoms with Gasteiger partial charge in [0.15, 0.2) is 0 Å². The first-order chi connectivity index (χ1) is 8.31. The lowest BCUT2D eigenvalue weighted by molar-refractivity contribution is 0.281. The lowest BCUT2D eigenvalue weighted by atomic mass is 10.3. The van der Waals surface area contributed by atoms with Crippen molar-refractivity contribution in [2.75, 3.05) is 7.11 Å². The number of aliphatic hydroxyl groups excluding tert-OH is 1. The number of hydrogen-bond donors (Lipinski definition) is 1. The second-order valence-electron chi connectivity index (χ2n) is 3.44. The number of aromatic nitrogens is 1. The number of ether oxygens (including phenoxy) is 2. The van der Waals surface area contributed by atoms with E-state index in [0.717, 1.165) is 11.3 Å². The summed E-state index contributed by atoms with van der Waals surface area (Å²) >= 11 is 0. The highest BCUT2D eigenvalue weighted by atomic mass is 16.5. The number of methoxy groups -OCH3 is 1. The van der Waals surface area contributed by atoms with E-state index in [9.17, 15) is 0 Å². The zero-order chi connectivity index (χ0) is 12.1. The van der Waals surface area contributed by atoms with Gasteiger partial charge >= 0.3 is 0 Å². The molecular weight excluding hydrogens is 218 g/mol. The molecule has 0 amide bonds. The van der Waals surface area contributed by atoms with Crippen molar-refractivity contribution in [3.05, 3.63) is 48.2 Å². The molecule has 2 rings (SSSR count).